The number of aryl methyl sites for hydroxylation is 3. The highest BCUT2D eigenvalue weighted by atomic mass is 32.2. The largest absolute Gasteiger partial charge is 0.384 e. The molecular weight excluding hydrogens is 496 g/mol. The first-order valence-electron chi connectivity index (χ1n) is 12.4. The van der Waals surface area contributed by atoms with Crippen LogP contribution in [0.4, 0.5) is 5.82 Å². The predicted octanol–water partition coefficient (Wildman–Crippen LogP) is 5.06. The van der Waals surface area contributed by atoms with Crippen LogP contribution in [0, 0.1) is 20.8 Å². The molecule has 2 heterocycles. The molecule has 0 radical (unpaired) electrons. The lowest BCUT2D eigenvalue weighted by atomic mass is 9.95. The van der Waals surface area contributed by atoms with Gasteiger partial charge in [-0.2, -0.15) is 8.42 Å². The Morgan fingerprint density at radius 1 is 1.00 bits per heavy atom. The quantitative estimate of drug-likeness (QED) is 0.362. The first kappa shape index (κ1) is 25.6. The van der Waals surface area contributed by atoms with E-state index in [1.54, 1.807) is 0 Å². The summed E-state index contributed by atoms with van der Waals surface area (Å²) in [4.78, 5) is 19.7. The Balaban J connectivity index is 0.00000353. The Hall–Kier alpha value is -4.01. The summed E-state index contributed by atoms with van der Waals surface area (Å²) in [5.41, 5.74) is 14.2. The smallest absolute Gasteiger partial charge is 0.281 e. The molecule has 3 N–H and O–H groups in total. The van der Waals surface area contributed by atoms with Gasteiger partial charge in [-0.1, -0.05) is 72.3 Å². The molecule has 0 saturated carbocycles. The summed E-state index contributed by atoms with van der Waals surface area (Å²) in [5, 5.41) is -0.293. The van der Waals surface area contributed by atoms with Gasteiger partial charge in [-0.3, -0.25) is 9.69 Å². The van der Waals surface area contributed by atoms with Crippen LogP contribution in [0.3, 0.4) is 0 Å². The SMILES string of the molecule is Cc1cc(C)c(CN2Cc3c(-c4ccccc4)cccc3C2C(=O)NS(=O)(=O)c2cccc(N)n2)c(C)c1.[HH]. The lowest BCUT2D eigenvalue weighted by Gasteiger charge is -2.26. The summed E-state index contributed by atoms with van der Waals surface area (Å²) in [6.07, 6.45) is 0. The normalized spacial score (nSPS) is 15.3. The maximum atomic E-state index is 13.8. The second-order valence-electron chi connectivity index (χ2n) is 9.79. The van der Waals surface area contributed by atoms with Crippen LogP contribution in [-0.4, -0.2) is 24.2 Å². The number of amides is 1. The molecule has 1 atom stereocenters. The second-order valence-corrected chi connectivity index (χ2v) is 11.4. The van der Waals surface area contributed by atoms with Crippen molar-refractivity contribution in [2.45, 2.75) is 44.9 Å². The second kappa shape index (κ2) is 10.0. The Kier molecular flexibility index (Phi) is 6.77. The molecule has 1 unspecified atom stereocenters. The van der Waals surface area contributed by atoms with Crippen LogP contribution in [0.15, 0.2) is 83.9 Å². The van der Waals surface area contributed by atoms with Crippen LogP contribution in [0.25, 0.3) is 11.1 Å². The number of anilines is 1. The number of rotatable bonds is 6. The van der Waals surface area contributed by atoms with Gasteiger partial charge in [0, 0.05) is 14.5 Å². The molecule has 1 aliphatic rings. The van der Waals surface area contributed by atoms with Crippen molar-refractivity contribution in [1.29, 1.82) is 0 Å². The van der Waals surface area contributed by atoms with Gasteiger partial charge >= 0.3 is 0 Å². The molecule has 0 spiro atoms. The van der Waals surface area contributed by atoms with E-state index in [4.69, 9.17) is 5.73 Å². The van der Waals surface area contributed by atoms with Crippen molar-refractivity contribution in [1.82, 2.24) is 14.6 Å². The number of aromatic nitrogens is 1. The molecule has 38 heavy (non-hydrogen) atoms. The Morgan fingerprint density at radius 2 is 1.68 bits per heavy atom. The highest BCUT2D eigenvalue weighted by molar-refractivity contribution is 7.90. The highest BCUT2D eigenvalue weighted by Gasteiger charge is 2.39. The van der Waals surface area contributed by atoms with E-state index in [0.29, 0.717) is 13.1 Å². The first-order chi connectivity index (χ1) is 18.1. The number of carbonyl (C=O) groups excluding carboxylic acids is 1. The van der Waals surface area contributed by atoms with Crippen LogP contribution in [0.1, 0.15) is 40.8 Å². The number of nitrogens with zero attached hydrogens (tertiary/aromatic N) is 2. The van der Waals surface area contributed by atoms with E-state index in [2.05, 4.69) is 42.6 Å². The Bertz CT molecular complexity index is 1620. The van der Waals surface area contributed by atoms with E-state index in [-0.39, 0.29) is 12.3 Å². The Labute approximate surface area is 224 Å². The molecule has 0 aliphatic carbocycles. The van der Waals surface area contributed by atoms with Gasteiger partial charge in [-0.05, 0) is 71.8 Å². The lowest BCUT2D eigenvalue weighted by Crippen LogP contribution is -2.40. The third-order valence-electron chi connectivity index (χ3n) is 7.02. The van der Waals surface area contributed by atoms with Crippen LogP contribution >= 0.6 is 0 Å². The topological polar surface area (TPSA) is 105 Å². The van der Waals surface area contributed by atoms with Gasteiger partial charge in [0.1, 0.15) is 11.9 Å². The van der Waals surface area contributed by atoms with Gasteiger partial charge in [0.15, 0.2) is 5.03 Å². The zero-order valence-electron chi connectivity index (χ0n) is 21.6. The van der Waals surface area contributed by atoms with Crippen LogP contribution in [0.5, 0.6) is 0 Å². The number of benzene rings is 3. The standard InChI is InChI=1S/C30H30N4O3S.H2/c1-19-15-20(2)25(21(3)16-19)17-34-18-26-23(22-9-5-4-6-10-22)11-7-12-24(26)29(34)30(35)33-38(36,37)28-14-8-13-27(31)32-28;/h4-16,29H,17-18H2,1-3H3,(H2,31,32)(H,33,35);1H. The maximum absolute atomic E-state index is 13.8. The monoisotopic (exact) mass is 528 g/mol. The lowest BCUT2D eigenvalue weighted by molar-refractivity contribution is -0.124. The van der Waals surface area contributed by atoms with Crippen LogP contribution in [-0.2, 0) is 27.9 Å². The minimum atomic E-state index is -4.22. The molecule has 1 aliphatic heterocycles. The number of fused-ring (bicyclic) bond motifs is 1. The van der Waals surface area contributed by atoms with Crippen molar-refractivity contribution >= 4 is 21.7 Å². The number of sulfonamides is 1. The van der Waals surface area contributed by atoms with Gasteiger partial charge < -0.3 is 5.73 Å². The summed E-state index contributed by atoms with van der Waals surface area (Å²) in [6, 6.07) is 23.6. The predicted molar refractivity (Wildman–Crippen MR) is 151 cm³/mol. The number of carbonyl (C=O) groups is 1. The molecular formula is C30H32N4O3S. The van der Waals surface area contributed by atoms with Gasteiger partial charge in [0.2, 0.25) is 0 Å². The molecule has 8 heteroatoms. The summed E-state index contributed by atoms with van der Waals surface area (Å²) in [6.45, 7) is 7.20. The van der Waals surface area contributed by atoms with Crippen molar-refractivity contribution < 1.29 is 14.6 Å². The Morgan fingerprint density at radius 3 is 2.37 bits per heavy atom. The first-order valence-corrected chi connectivity index (χ1v) is 13.9. The van der Waals surface area contributed by atoms with Crippen LogP contribution < -0.4 is 10.5 Å². The average molecular weight is 529 g/mol. The van der Waals surface area contributed by atoms with Gasteiger partial charge in [0.25, 0.3) is 15.9 Å². The molecule has 7 nitrogen and oxygen atoms in total. The third-order valence-corrected chi connectivity index (χ3v) is 8.27. The number of pyridine rings is 1. The minimum absolute atomic E-state index is 0. The maximum Gasteiger partial charge on any atom is 0.281 e. The molecule has 4 aromatic rings. The summed E-state index contributed by atoms with van der Waals surface area (Å²) < 4.78 is 28.5. The third kappa shape index (κ3) is 4.92. The van der Waals surface area contributed by atoms with E-state index in [1.165, 1.54) is 23.8 Å². The van der Waals surface area contributed by atoms with Crippen molar-refractivity contribution in [3.63, 3.8) is 0 Å². The van der Waals surface area contributed by atoms with E-state index in [1.807, 2.05) is 53.4 Å². The average Bonchev–Trinajstić information content (AvgIpc) is 3.25. The molecule has 1 aromatic heterocycles. The number of nitrogen functional groups attached to an aromatic ring is 1. The summed E-state index contributed by atoms with van der Waals surface area (Å²) >= 11 is 0. The summed E-state index contributed by atoms with van der Waals surface area (Å²) in [5.74, 6) is -0.563. The van der Waals surface area contributed by atoms with Crippen molar-refractivity contribution in [3.05, 3.63) is 112 Å². The van der Waals surface area contributed by atoms with E-state index in [9.17, 15) is 13.2 Å². The van der Waals surface area contributed by atoms with Gasteiger partial charge in [0.05, 0.1) is 0 Å². The molecule has 196 valence electrons. The molecule has 0 saturated heterocycles. The number of nitrogens with one attached hydrogen (secondary N) is 1. The molecule has 0 fully saturated rings. The van der Waals surface area contributed by atoms with Crippen molar-refractivity contribution in [3.8, 4) is 11.1 Å². The number of nitrogens with two attached hydrogens (primary N) is 1. The fraction of sp³-hybridized carbons (Fsp3) is 0.200. The van der Waals surface area contributed by atoms with Crippen molar-refractivity contribution in [2.24, 2.45) is 0 Å². The molecule has 1 amide bonds. The minimum Gasteiger partial charge on any atom is -0.384 e. The zero-order valence-corrected chi connectivity index (χ0v) is 22.4. The van der Waals surface area contributed by atoms with E-state index >= 15 is 0 Å². The fourth-order valence-electron chi connectivity index (χ4n) is 5.35. The van der Waals surface area contributed by atoms with Crippen molar-refractivity contribution in [2.75, 3.05) is 5.73 Å². The van der Waals surface area contributed by atoms with Gasteiger partial charge in [-0.25, -0.2) is 9.71 Å². The van der Waals surface area contributed by atoms with Crippen LogP contribution in [0.2, 0.25) is 0 Å². The molecule has 0 bridgehead atoms. The van der Waals surface area contributed by atoms with E-state index in [0.717, 1.165) is 38.9 Å². The number of hydrogen-bond acceptors (Lipinski definition) is 6. The zero-order chi connectivity index (χ0) is 27.0. The number of hydrogen-bond donors (Lipinski definition) is 2. The fourth-order valence-corrected chi connectivity index (χ4v) is 6.32. The van der Waals surface area contributed by atoms with E-state index < -0.39 is 22.0 Å². The van der Waals surface area contributed by atoms with Gasteiger partial charge in [-0.15, -0.1) is 0 Å². The highest BCUT2D eigenvalue weighted by Crippen LogP contribution is 2.41. The molecule has 5 rings (SSSR count). The molecule has 3 aromatic carbocycles. The summed E-state index contributed by atoms with van der Waals surface area (Å²) in [7, 11) is -4.22.